The van der Waals surface area contributed by atoms with Crippen LogP contribution >= 0.6 is 15.9 Å². The maximum Gasteiger partial charge on any atom is 0.0341 e. The maximum atomic E-state index is 3.53. The lowest BCUT2D eigenvalue weighted by Crippen LogP contribution is -2.37. The molecule has 2 atom stereocenters. The van der Waals surface area contributed by atoms with Gasteiger partial charge in [0.1, 0.15) is 0 Å². The van der Waals surface area contributed by atoms with Crippen LogP contribution in [0.2, 0.25) is 0 Å². The lowest BCUT2D eigenvalue weighted by molar-refractivity contribution is 0.188. The van der Waals surface area contributed by atoms with E-state index in [1.165, 1.54) is 50.9 Å². The van der Waals surface area contributed by atoms with Gasteiger partial charge in [-0.1, -0.05) is 28.8 Å². The lowest BCUT2D eigenvalue weighted by atomic mass is 9.85. The monoisotopic (exact) mass is 322 g/mol. The van der Waals surface area contributed by atoms with E-state index in [4.69, 9.17) is 0 Å². The van der Waals surface area contributed by atoms with Gasteiger partial charge >= 0.3 is 0 Å². The van der Waals surface area contributed by atoms with E-state index in [1.54, 1.807) is 0 Å². The molecule has 1 N–H and O–H groups in total. The number of likely N-dealkylation sites (tertiary alicyclic amines) is 1. The summed E-state index contributed by atoms with van der Waals surface area (Å²) >= 11 is 3.47. The van der Waals surface area contributed by atoms with Gasteiger partial charge in [0.15, 0.2) is 0 Å². The van der Waals surface area contributed by atoms with Gasteiger partial charge in [-0.05, 0) is 56.0 Å². The summed E-state index contributed by atoms with van der Waals surface area (Å²) in [6.07, 6.45) is 7.25. The van der Waals surface area contributed by atoms with E-state index in [0.717, 1.165) is 23.0 Å². The van der Waals surface area contributed by atoms with Gasteiger partial charge in [-0.25, -0.2) is 0 Å². The highest BCUT2D eigenvalue weighted by Gasteiger charge is 2.34. The molecular formula is C16H23BrN2. The molecule has 2 nitrogen and oxygen atoms in total. The van der Waals surface area contributed by atoms with Crippen molar-refractivity contribution in [2.45, 2.75) is 38.1 Å². The molecule has 2 fully saturated rings. The number of rotatable bonds is 4. The molecule has 2 aliphatic rings. The Labute approximate surface area is 124 Å². The van der Waals surface area contributed by atoms with Gasteiger partial charge in [0.25, 0.3) is 0 Å². The van der Waals surface area contributed by atoms with Crippen LogP contribution in [0, 0.1) is 5.92 Å². The molecule has 0 bridgehead atoms. The number of hydrogen-bond donors (Lipinski definition) is 1. The minimum Gasteiger partial charge on any atom is -0.384 e. The third-order valence-electron chi connectivity index (χ3n) is 4.70. The lowest BCUT2D eigenvalue weighted by Gasteiger charge is -2.31. The molecule has 1 heterocycles. The van der Waals surface area contributed by atoms with Crippen molar-refractivity contribution in [1.82, 2.24) is 4.90 Å². The van der Waals surface area contributed by atoms with E-state index in [9.17, 15) is 0 Å². The first-order valence-corrected chi connectivity index (χ1v) is 8.36. The van der Waals surface area contributed by atoms with Crippen molar-refractivity contribution < 1.29 is 0 Å². The Morgan fingerprint density at radius 1 is 1.11 bits per heavy atom. The number of nitrogens with one attached hydrogen (secondary N) is 1. The first-order chi connectivity index (χ1) is 9.33. The van der Waals surface area contributed by atoms with Gasteiger partial charge in [-0.3, -0.25) is 4.90 Å². The normalized spacial score (nSPS) is 27.2. The molecule has 1 aliphatic carbocycles. The van der Waals surface area contributed by atoms with Crippen LogP contribution in [-0.2, 0) is 0 Å². The molecule has 1 saturated heterocycles. The van der Waals surface area contributed by atoms with Gasteiger partial charge in [-0.15, -0.1) is 0 Å². The fourth-order valence-electron chi connectivity index (χ4n) is 3.69. The van der Waals surface area contributed by atoms with Crippen molar-refractivity contribution in [3.8, 4) is 0 Å². The van der Waals surface area contributed by atoms with Crippen molar-refractivity contribution in [1.29, 1.82) is 0 Å². The van der Waals surface area contributed by atoms with E-state index in [0.29, 0.717) is 0 Å². The Kier molecular flexibility index (Phi) is 4.44. The zero-order chi connectivity index (χ0) is 13.1. The number of nitrogens with zero attached hydrogens (tertiary/aromatic N) is 1. The topological polar surface area (TPSA) is 15.3 Å². The molecule has 3 rings (SSSR count). The van der Waals surface area contributed by atoms with Gasteiger partial charge in [0.2, 0.25) is 0 Å². The molecule has 0 aromatic heterocycles. The van der Waals surface area contributed by atoms with E-state index < -0.39 is 0 Å². The molecule has 1 aliphatic heterocycles. The molecule has 1 aromatic rings. The van der Waals surface area contributed by atoms with Crippen LogP contribution in [0.3, 0.4) is 0 Å². The number of hydrogen-bond acceptors (Lipinski definition) is 2. The Morgan fingerprint density at radius 3 is 2.74 bits per heavy atom. The van der Waals surface area contributed by atoms with Crippen LogP contribution in [0.1, 0.15) is 32.1 Å². The fraction of sp³-hybridized carbons (Fsp3) is 0.625. The molecule has 1 saturated carbocycles. The Hall–Kier alpha value is -0.540. The Bertz CT molecular complexity index is 404. The molecule has 0 amide bonds. The summed E-state index contributed by atoms with van der Waals surface area (Å²) in [6, 6.07) is 9.35. The number of fused-ring (bicyclic) bond motifs is 1. The minimum absolute atomic E-state index is 0.889. The standard InChI is InChI=1S/C16H23BrN2/c17-14-5-7-15(8-6-14)18-10-12-19-11-9-13-3-1-2-4-16(13)19/h5-8,13,16,18H,1-4,9-12H2. The molecule has 0 radical (unpaired) electrons. The van der Waals surface area contributed by atoms with Crippen molar-refractivity contribution in [3.63, 3.8) is 0 Å². The minimum atomic E-state index is 0.889. The van der Waals surface area contributed by atoms with Gasteiger partial charge in [0, 0.05) is 29.3 Å². The zero-order valence-electron chi connectivity index (χ0n) is 11.4. The SMILES string of the molecule is Brc1ccc(NCCN2CCC3CCCCC32)cc1. The van der Waals surface area contributed by atoms with Gasteiger partial charge in [-0.2, -0.15) is 0 Å². The van der Waals surface area contributed by atoms with Gasteiger partial charge < -0.3 is 5.32 Å². The predicted octanol–water partition coefficient (Wildman–Crippen LogP) is 4.13. The summed E-state index contributed by atoms with van der Waals surface area (Å²) in [5.41, 5.74) is 1.22. The molecular weight excluding hydrogens is 300 g/mol. The van der Waals surface area contributed by atoms with E-state index in [2.05, 4.69) is 50.4 Å². The van der Waals surface area contributed by atoms with Crippen molar-refractivity contribution in [2.75, 3.05) is 25.0 Å². The number of anilines is 1. The van der Waals surface area contributed by atoms with Crippen LogP contribution in [0.5, 0.6) is 0 Å². The molecule has 2 unspecified atom stereocenters. The third-order valence-corrected chi connectivity index (χ3v) is 5.23. The summed E-state index contributed by atoms with van der Waals surface area (Å²) in [4.78, 5) is 2.72. The molecule has 104 valence electrons. The summed E-state index contributed by atoms with van der Waals surface area (Å²) in [7, 11) is 0. The van der Waals surface area contributed by atoms with Crippen LogP contribution in [0.25, 0.3) is 0 Å². The summed E-state index contributed by atoms with van der Waals surface area (Å²) in [6.45, 7) is 3.57. The van der Waals surface area contributed by atoms with Crippen LogP contribution in [0.4, 0.5) is 5.69 Å². The summed E-state index contributed by atoms with van der Waals surface area (Å²) in [5, 5.41) is 3.53. The van der Waals surface area contributed by atoms with Crippen LogP contribution in [0.15, 0.2) is 28.7 Å². The Morgan fingerprint density at radius 2 is 1.89 bits per heavy atom. The molecule has 1 aromatic carbocycles. The van der Waals surface area contributed by atoms with Gasteiger partial charge in [0.05, 0.1) is 0 Å². The second-order valence-electron chi connectivity index (χ2n) is 5.87. The largest absolute Gasteiger partial charge is 0.384 e. The highest BCUT2D eigenvalue weighted by molar-refractivity contribution is 9.10. The van der Waals surface area contributed by atoms with Crippen molar-refractivity contribution >= 4 is 21.6 Å². The highest BCUT2D eigenvalue weighted by Crippen LogP contribution is 2.35. The van der Waals surface area contributed by atoms with Crippen molar-refractivity contribution in [2.24, 2.45) is 5.92 Å². The summed E-state index contributed by atoms with van der Waals surface area (Å²) in [5.74, 6) is 1.00. The average molecular weight is 323 g/mol. The predicted molar refractivity (Wildman–Crippen MR) is 84.6 cm³/mol. The maximum absolute atomic E-state index is 3.53. The number of benzene rings is 1. The number of halogens is 1. The second kappa shape index (κ2) is 6.27. The van der Waals surface area contributed by atoms with E-state index in [-0.39, 0.29) is 0 Å². The zero-order valence-corrected chi connectivity index (χ0v) is 13.0. The van der Waals surface area contributed by atoms with E-state index in [1.807, 2.05) is 0 Å². The molecule has 19 heavy (non-hydrogen) atoms. The molecule has 3 heteroatoms. The fourth-order valence-corrected chi connectivity index (χ4v) is 3.96. The quantitative estimate of drug-likeness (QED) is 0.896. The second-order valence-corrected chi connectivity index (χ2v) is 6.79. The van der Waals surface area contributed by atoms with E-state index >= 15 is 0 Å². The van der Waals surface area contributed by atoms with Crippen LogP contribution in [-0.4, -0.2) is 30.6 Å². The Balaban J connectivity index is 1.46. The summed E-state index contributed by atoms with van der Waals surface area (Å²) < 4.78 is 1.14. The average Bonchev–Trinajstić information content (AvgIpc) is 2.85. The third kappa shape index (κ3) is 3.32. The van der Waals surface area contributed by atoms with Crippen LogP contribution < -0.4 is 5.32 Å². The first kappa shape index (κ1) is 13.4. The smallest absolute Gasteiger partial charge is 0.0341 e. The van der Waals surface area contributed by atoms with Crippen molar-refractivity contribution in [3.05, 3.63) is 28.7 Å². The highest BCUT2D eigenvalue weighted by atomic mass is 79.9. The molecule has 0 spiro atoms. The first-order valence-electron chi connectivity index (χ1n) is 7.56.